The summed E-state index contributed by atoms with van der Waals surface area (Å²) in [6, 6.07) is 8.24. The van der Waals surface area contributed by atoms with Gasteiger partial charge in [-0.25, -0.2) is 4.98 Å². The lowest BCUT2D eigenvalue weighted by molar-refractivity contribution is 0.0512. The number of fused-ring (bicyclic) bond motifs is 1. The first kappa shape index (κ1) is 14.3. The third kappa shape index (κ3) is 2.51. The summed E-state index contributed by atoms with van der Waals surface area (Å²) in [4.78, 5) is 19.2. The van der Waals surface area contributed by atoms with Crippen molar-refractivity contribution in [3.63, 3.8) is 0 Å². The van der Waals surface area contributed by atoms with Crippen molar-refractivity contribution in [2.75, 3.05) is 0 Å². The molecular weight excluding hydrogens is 284 g/mol. The summed E-state index contributed by atoms with van der Waals surface area (Å²) >= 11 is 6.14. The predicted molar refractivity (Wildman–Crippen MR) is 85.7 cm³/mol. The van der Waals surface area contributed by atoms with Gasteiger partial charge in [0.15, 0.2) is 0 Å². The maximum Gasteiger partial charge on any atom is 0.256 e. The molecule has 0 spiro atoms. The highest BCUT2D eigenvalue weighted by molar-refractivity contribution is 6.34. The molecule has 2 heterocycles. The van der Waals surface area contributed by atoms with Crippen LogP contribution in [0.4, 0.5) is 0 Å². The van der Waals surface area contributed by atoms with Crippen LogP contribution in [0.3, 0.4) is 0 Å². The number of nitrogens with zero attached hydrogens (tertiary/aromatic N) is 2. The molecule has 0 radical (unpaired) electrons. The number of hydrogen-bond acceptors (Lipinski definition) is 2. The Morgan fingerprint density at radius 3 is 2.48 bits per heavy atom. The second kappa shape index (κ2) is 5.64. The van der Waals surface area contributed by atoms with Crippen molar-refractivity contribution < 1.29 is 4.79 Å². The Morgan fingerprint density at radius 2 is 1.81 bits per heavy atom. The molecule has 0 aliphatic carbocycles. The minimum absolute atomic E-state index is 0.0649. The maximum atomic E-state index is 13.0. The molecular formula is C17H19ClN2O. The minimum atomic E-state index is 0.0649. The predicted octanol–water partition coefficient (Wildman–Crippen LogP) is 4.29. The average molecular weight is 303 g/mol. The topological polar surface area (TPSA) is 33.2 Å². The third-order valence-electron chi connectivity index (χ3n) is 4.40. The van der Waals surface area contributed by atoms with E-state index in [0.717, 1.165) is 23.6 Å². The Bertz CT molecular complexity index is 676. The van der Waals surface area contributed by atoms with Crippen LogP contribution in [-0.4, -0.2) is 27.9 Å². The van der Waals surface area contributed by atoms with Crippen molar-refractivity contribution in [3.8, 4) is 0 Å². The van der Waals surface area contributed by atoms with Gasteiger partial charge in [-0.1, -0.05) is 35.9 Å². The lowest BCUT2D eigenvalue weighted by atomic mass is 9.96. The average Bonchev–Trinajstić information content (AvgIpc) is 2.47. The number of pyridine rings is 1. The molecule has 3 nitrogen and oxygen atoms in total. The van der Waals surface area contributed by atoms with E-state index >= 15 is 0 Å². The van der Waals surface area contributed by atoms with Gasteiger partial charge in [0.2, 0.25) is 0 Å². The fraction of sp³-hybridized carbons (Fsp3) is 0.412. The Hall–Kier alpha value is -1.61. The van der Waals surface area contributed by atoms with Crippen LogP contribution in [0.25, 0.3) is 10.8 Å². The fourth-order valence-electron chi connectivity index (χ4n) is 3.29. The van der Waals surface area contributed by atoms with Crippen molar-refractivity contribution in [3.05, 3.63) is 41.2 Å². The lowest BCUT2D eigenvalue weighted by Crippen LogP contribution is -2.47. The highest BCUT2D eigenvalue weighted by Gasteiger charge is 2.30. The van der Waals surface area contributed by atoms with Gasteiger partial charge in [-0.3, -0.25) is 4.79 Å². The van der Waals surface area contributed by atoms with Gasteiger partial charge >= 0.3 is 0 Å². The van der Waals surface area contributed by atoms with Gasteiger partial charge in [0, 0.05) is 23.7 Å². The van der Waals surface area contributed by atoms with E-state index in [1.165, 1.54) is 6.42 Å². The molecule has 1 aliphatic rings. The van der Waals surface area contributed by atoms with Crippen LogP contribution < -0.4 is 0 Å². The van der Waals surface area contributed by atoms with Crippen LogP contribution in [0.15, 0.2) is 30.5 Å². The molecule has 0 unspecified atom stereocenters. The Kier molecular flexibility index (Phi) is 3.85. The van der Waals surface area contributed by atoms with E-state index in [2.05, 4.69) is 18.8 Å². The molecule has 1 amide bonds. The molecule has 1 aromatic heterocycles. The van der Waals surface area contributed by atoms with Gasteiger partial charge in [0.25, 0.3) is 5.91 Å². The summed E-state index contributed by atoms with van der Waals surface area (Å²) in [6.07, 6.45) is 4.93. The first-order valence-electron chi connectivity index (χ1n) is 7.45. The van der Waals surface area contributed by atoms with Crippen molar-refractivity contribution in [1.29, 1.82) is 0 Å². The first-order chi connectivity index (χ1) is 10.1. The highest BCUT2D eigenvalue weighted by atomic mass is 35.5. The van der Waals surface area contributed by atoms with Crippen LogP contribution in [0, 0.1) is 0 Å². The van der Waals surface area contributed by atoms with E-state index in [4.69, 9.17) is 11.6 Å². The molecule has 0 bridgehead atoms. The van der Waals surface area contributed by atoms with Gasteiger partial charge in [0.05, 0.1) is 5.56 Å². The van der Waals surface area contributed by atoms with Gasteiger partial charge in [-0.2, -0.15) is 0 Å². The molecule has 0 N–H and O–H groups in total. The number of hydrogen-bond donors (Lipinski definition) is 0. The quantitative estimate of drug-likeness (QED) is 0.736. The fourth-order valence-corrected chi connectivity index (χ4v) is 3.50. The molecule has 0 saturated carbocycles. The van der Waals surface area contributed by atoms with E-state index in [9.17, 15) is 4.79 Å². The number of piperidine rings is 1. The number of aromatic nitrogens is 1. The molecule has 1 fully saturated rings. The molecule has 3 rings (SSSR count). The normalized spacial score (nSPS) is 22.5. The minimum Gasteiger partial charge on any atom is -0.333 e. The molecule has 1 aromatic carbocycles. The second-order valence-corrected chi connectivity index (χ2v) is 6.21. The molecule has 1 aliphatic heterocycles. The summed E-state index contributed by atoms with van der Waals surface area (Å²) in [7, 11) is 0. The van der Waals surface area contributed by atoms with Crippen molar-refractivity contribution >= 4 is 28.3 Å². The Labute approximate surface area is 129 Å². The molecule has 110 valence electrons. The highest BCUT2D eigenvalue weighted by Crippen LogP contribution is 2.29. The largest absolute Gasteiger partial charge is 0.333 e. The molecule has 1 saturated heterocycles. The van der Waals surface area contributed by atoms with Gasteiger partial charge < -0.3 is 4.90 Å². The number of benzene rings is 1. The molecule has 2 atom stereocenters. The van der Waals surface area contributed by atoms with Crippen LogP contribution in [0.5, 0.6) is 0 Å². The monoisotopic (exact) mass is 302 g/mol. The summed E-state index contributed by atoms with van der Waals surface area (Å²) in [5, 5.41) is 2.16. The number of carbonyl (C=O) groups excluding carboxylic acids is 1. The number of likely N-dealkylation sites (tertiary alicyclic amines) is 1. The number of carbonyl (C=O) groups is 1. The molecule has 21 heavy (non-hydrogen) atoms. The van der Waals surface area contributed by atoms with Crippen LogP contribution in [0.1, 0.15) is 43.5 Å². The smallest absolute Gasteiger partial charge is 0.256 e. The third-order valence-corrected chi connectivity index (χ3v) is 4.71. The molecule has 4 heteroatoms. The summed E-state index contributed by atoms with van der Waals surface area (Å²) < 4.78 is 0. The van der Waals surface area contributed by atoms with Crippen LogP contribution in [0.2, 0.25) is 5.15 Å². The van der Waals surface area contributed by atoms with Gasteiger partial charge in [-0.05, 0) is 38.5 Å². The zero-order valence-corrected chi connectivity index (χ0v) is 13.1. The lowest BCUT2D eigenvalue weighted by Gasteiger charge is -2.39. The summed E-state index contributed by atoms with van der Waals surface area (Å²) in [6.45, 7) is 4.25. The standard InChI is InChI=1S/C17H19ClN2O/c1-11-6-5-7-12(2)20(11)17(21)15-10-19-16(18)14-9-4-3-8-13(14)15/h3-4,8-12H,5-7H2,1-2H3/t11-,12+. The summed E-state index contributed by atoms with van der Waals surface area (Å²) in [5.74, 6) is 0.0649. The van der Waals surface area contributed by atoms with E-state index in [1.54, 1.807) is 6.20 Å². The van der Waals surface area contributed by atoms with Crippen LogP contribution >= 0.6 is 11.6 Å². The SMILES string of the molecule is C[C@@H]1CCC[C@H](C)N1C(=O)c1cnc(Cl)c2ccccc12. The van der Waals surface area contributed by atoms with E-state index in [1.807, 2.05) is 29.2 Å². The zero-order valence-electron chi connectivity index (χ0n) is 12.3. The van der Waals surface area contributed by atoms with Crippen molar-refractivity contribution in [2.24, 2.45) is 0 Å². The van der Waals surface area contributed by atoms with Crippen LogP contribution in [-0.2, 0) is 0 Å². The first-order valence-corrected chi connectivity index (χ1v) is 7.83. The zero-order chi connectivity index (χ0) is 15.0. The van der Waals surface area contributed by atoms with Crippen molar-refractivity contribution in [2.45, 2.75) is 45.2 Å². The maximum absolute atomic E-state index is 13.0. The summed E-state index contributed by atoms with van der Waals surface area (Å²) in [5.41, 5.74) is 0.649. The van der Waals surface area contributed by atoms with E-state index in [0.29, 0.717) is 10.7 Å². The number of amides is 1. The van der Waals surface area contributed by atoms with Crippen molar-refractivity contribution in [1.82, 2.24) is 9.88 Å². The Balaban J connectivity index is 2.08. The number of halogens is 1. The van der Waals surface area contributed by atoms with Gasteiger partial charge in [-0.15, -0.1) is 0 Å². The second-order valence-electron chi connectivity index (χ2n) is 5.85. The molecule has 2 aromatic rings. The van der Waals surface area contributed by atoms with Gasteiger partial charge in [0.1, 0.15) is 5.15 Å². The number of rotatable bonds is 1. The Morgan fingerprint density at radius 1 is 1.19 bits per heavy atom. The van der Waals surface area contributed by atoms with E-state index < -0.39 is 0 Å². The van der Waals surface area contributed by atoms with E-state index in [-0.39, 0.29) is 18.0 Å².